The number of rotatable bonds is 2. The molecule has 0 spiro atoms. The van der Waals surface area contributed by atoms with Crippen molar-refractivity contribution in [3.8, 4) is 11.3 Å². The number of halogens is 1. The number of hydrogen-bond acceptors (Lipinski definition) is 3. The standard InChI is InChI=1S/C14H14N2OS.BrH/c1-10-15-13(9-18-10)11-4-2-5-12(8-11)16-7-3-6-14(16)17;/h2,4-5,8-9H,3,6-7H2,1H3;1H. The molecule has 0 radical (unpaired) electrons. The molecule has 5 heteroatoms. The average molecular weight is 339 g/mol. The van der Waals surface area contributed by atoms with E-state index in [1.807, 2.05) is 30.0 Å². The summed E-state index contributed by atoms with van der Waals surface area (Å²) >= 11 is 1.65. The summed E-state index contributed by atoms with van der Waals surface area (Å²) in [6.07, 6.45) is 1.62. The highest BCUT2D eigenvalue weighted by Crippen LogP contribution is 2.28. The number of aromatic nitrogens is 1. The van der Waals surface area contributed by atoms with Crippen molar-refractivity contribution in [3.05, 3.63) is 34.7 Å². The van der Waals surface area contributed by atoms with Gasteiger partial charge in [0.1, 0.15) is 0 Å². The van der Waals surface area contributed by atoms with Crippen LogP contribution in [-0.4, -0.2) is 17.4 Å². The van der Waals surface area contributed by atoms with Gasteiger partial charge in [-0.1, -0.05) is 12.1 Å². The molecular weight excluding hydrogens is 324 g/mol. The van der Waals surface area contributed by atoms with Gasteiger partial charge in [-0.2, -0.15) is 0 Å². The van der Waals surface area contributed by atoms with Gasteiger partial charge < -0.3 is 4.90 Å². The summed E-state index contributed by atoms with van der Waals surface area (Å²) in [5.74, 6) is 0.224. The molecule has 2 aromatic rings. The summed E-state index contributed by atoms with van der Waals surface area (Å²) in [4.78, 5) is 18.1. The Morgan fingerprint density at radius 2 is 2.21 bits per heavy atom. The van der Waals surface area contributed by atoms with Crippen LogP contribution in [0.1, 0.15) is 17.8 Å². The lowest BCUT2D eigenvalue weighted by atomic mass is 10.1. The third-order valence-corrected chi connectivity index (χ3v) is 3.92. The second-order valence-corrected chi connectivity index (χ2v) is 5.51. The van der Waals surface area contributed by atoms with Gasteiger partial charge in [0, 0.05) is 29.6 Å². The molecule has 3 rings (SSSR count). The fourth-order valence-electron chi connectivity index (χ4n) is 2.25. The van der Waals surface area contributed by atoms with Gasteiger partial charge in [-0.25, -0.2) is 4.98 Å². The van der Waals surface area contributed by atoms with Gasteiger partial charge in [0.2, 0.25) is 5.91 Å². The molecule has 1 aromatic heterocycles. The molecule has 3 nitrogen and oxygen atoms in total. The first-order valence-electron chi connectivity index (χ1n) is 6.07. The molecule has 2 heterocycles. The van der Waals surface area contributed by atoms with Crippen LogP contribution in [0.15, 0.2) is 29.6 Å². The molecule has 0 aliphatic carbocycles. The van der Waals surface area contributed by atoms with Gasteiger partial charge in [0.25, 0.3) is 0 Å². The highest BCUT2D eigenvalue weighted by molar-refractivity contribution is 8.93. The number of anilines is 1. The largest absolute Gasteiger partial charge is 0.312 e. The topological polar surface area (TPSA) is 33.2 Å². The SMILES string of the molecule is Br.Cc1nc(-c2cccc(N3CCCC3=O)c2)cs1. The van der Waals surface area contributed by atoms with Gasteiger partial charge in [-0.15, -0.1) is 28.3 Å². The Bertz CT molecular complexity index is 597. The smallest absolute Gasteiger partial charge is 0.227 e. The van der Waals surface area contributed by atoms with E-state index in [1.165, 1.54) is 0 Å². The fraction of sp³-hybridized carbons (Fsp3) is 0.286. The molecule has 1 aromatic carbocycles. The Kier molecular flexibility index (Phi) is 4.37. The summed E-state index contributed by atoms with van der Waals surface area (Å²) < 4.78 is 0. The Balaban J connectivity index is 0.00000133. The van der Waals surface area contributed by atoms with Crippen molar-refractivity contribution in [2.24, 2.45) is 0 Å². The van der Waals surface area contributed by atoms with Crippen LogP contribution in [0.25, 0.3) is 11.3 Å². The van der Waals surface area contributed by atoms with Gasteiger partial charge in [-0.05, 0) is 25.5 Å². The highest BCUT2D eigenvalue weighted by Gasteiger charge is 2.21. The second-order valence-electron chi connectivity index (χ2n) is 4.45. The summed E-state index contributed by atoms with van der Waals surface area (Å²) in [5.41, 5.74) is 3.06. The molecule has 1 aliphatic heterocycles. The number of aryl methyl sites for hydroxylation is 1. The molecule has 0 atom stereocenters. The van der Waals surface area contributed by atoms with Gasteiger partial charge in [-0.3, -0.25) is 4.79 Å². The molecule has 1 amide bonds. The Labute approximate surface area is 127 Å². The zero-order valence-corrected chi connectivity index (χ0v) is 13.2. The molecule has 0 bridgehead atoms. The Morgan fingerprint density at radius 1 is 1.37 bits per heavy atom. The summed E-state index contributed by atoms with van der Waals surface area (Å²) in [6.45, 7) is 2.83. The lowest BCUT2D eigenvalue weighted by Gasteiger charge is -2.16. The van der Waals surface area contributed by atoms with Crippen molar-refractivity contribution in [2.45, 2.75) is 19.8 Å². The quantitative estimate of drug-likeness (QED) is 0.833. The van der Waals surface area contributed by atoms with E-state index < -0.39 is 0 Å². The van der Waals surface area contributed by atoms with Gasteiger partial charge >= 0.3 is 0 Å². The number of carbonyl (C=O) groups is 1. The zero-order valence-electron chi connectivity index (χ0n) is 10.6. The number of carbonyl (C=O) groups excluding carboxylic acids is 1. The summed E-state index contributed by atoms with van der Waals surface area (Å²) in [5, 5.41) is 3.12. The minimum absolute atomic E-state index is 0. The van der Waals surface area contributed by atoms with Crippen LogP contribution in [0.2, 0.25) is 0 Å². The maximum atomic E-state index is 11.7. The third kappa shape index (κ3) is 2.87. The van der Waals surface area contributed by atoms with Gasteiger partial charge in [0.05, 0.1) is 10.7 Å². The van der Waals surface area contributed by atoms with Crippen molar-refractivity contribution < 1.29 is 4.79 Å². The molecule has 19 heavy (non-hydrogen) atoms. The van der Waals surface area contributed by atoms with E-state index in [4.69, 9.17) is 0 Å². The van der Waals surface area contributed by atoms with Crippen LogP contribution in [0.5, 0.6) is 0 Å². The first-order valence-corrected chi connectivity index (χ1v) is 6.95. The normalized spacial score (nSPS) is 14.6. The Hall–Kier alpha value is -1.20. The molecule has 1 aliphatic rings. The fourth-order valence-corrected chi connectivity index (χ4v) is 2.87. The number of hydrogen-bond donors (Lipinski definition) is 0. The van der Waals surface area contributed by atoms with E-state index in [0.717, 1.165) is 34.9 Å². The summed E-state index contributed by atoms with van der Waals surface area (Å²) in [6, 6.07) is 8.08. The molecule has 0 saturated carbocycles. The maximum Gasteiger partial charge on any atom is 0.227 e. The minimum Gasteiger partial charge on any atom is -0.312 e. The average Bonchev–Trinajstić information content (AvgIpc) is 2.98. The predicted molar refractivity (Wildman–Crippen MR) is 84.2 cm³/mol. The minimum atomic E-state index is 0. The first kappa shape index (κ1) is 14.2. The van der Waals surface area contributed by atoms with Crippen molar-refractivity contribution in [1.29, 1.82) is 0 Å². The summed E-state index contributed by atoms with van der Waals surface area (Å²) in [7, 11) is 0. The van der Waals surface area contributed by atoms with Crippen molar-refractivity contribution >= 4 is 39.9 Å². The lowest BCUT2D eigenvalue weighted by molar-refractivity contribution is -0.117. The highest BCUT2D eigenvalue weighted by atomic mass is 79.9. The molecule has 100 valence electrons. The molecule has 1 fully saturated rings. The molecule has 0 unspecified atom stereocenters. The van der Waals surface area contributed by atoms with Crippen LogP contribution in [0.4, 0.5) is 5.69 Å². The number of nitrogens with zero attached hydrogens (tertiary/aromatic N) is 2. The zero-order chi connectivity index (χ0) is 12.5. The van der Waals surface area contributed by atoms with Crippen LogP contribution in [-0.2, 0) is 4.79 Å². The van der Waals surface area contributed by atoms with E-state index in [-0.39, 0.29) is 22.9 Å². The van der Waals surface area contributed by atoms with E-state index in [0.29, 0.717) is 6.42 Å². The predicted octanol–water partition coefficient (Wildman–Crippen LogP) is 3.82. The van der Waals surface area contributed by atoms with E-state index >= 15 is 0 Å². The molecule has 0 N–H and O–H groups in total. The number of thiazole rings is 1. The van der Waals surface area contributed by atoms with Crippen molar-refractivity contribution in [2.75, 3.05) is 11.4 Å². The van der Waals surface area contributed by atoms with Crippen molar-refractivity contribution in [3.63, 3.8) is 0 Å². The Morgan fingerprint density at radius 3 is 2.84 bits per heavy atom. The molecule has 1 saturated heterocycles. The third-order valence-electron chi connectivity index (χ3n) is 3.15. The number of amides is 1. The van der Waals surface area contributed by atoms with Crippen LogP contribution >= 0.6 is 28.3 Å². The number of benzene rings is 1. The lowest BCUT2D eigenvalue weighted by Crippen LogP contribution is -2.23. The maximum absolute atomic E-state index is 11.7. The van der Waals surface area contributed by atoms with Crippen LogP contribution in [0, 0.1) is 6.92 Å². The van der Waals surface area contributed by atoms with Crippen LogP contribution in [0.3, 0.4) is 0 Å². The molecular formula is C14H15BrN2OS. The van der Waals surface area contributed by atoms with Crippen molar-refractivity contribution in [1.82, 2.24) is 4.98 Å². The second kappa shape index (κ2) is 5.84. The van der Waals surface area contributed by atoms with E-state index in [9.17, 15) is 4.79 Å². The van der Waals surface area contributed by atoms with E-state index in [2.05, 4.69) is 16.4 Å². The monoisotopic (exact) mass is 338 g/mol. The first-order chi connectivity index (χ1) is 8.74. The van der Waals surface area contributed by atoms with E-state index in [1.54, 1.807) is 11.3 Å². The van der Waals surface area contributed by atoms with Crippen LogP contribution < -0.4 is 4.90 Å². The van der Waals surface area contributed by atoms with Gasteiger partial charge in [0.15, 0.2) is 0 Å².